The number of rotatable bonds is 21. The first kappa shape index (κ1) is 45.9. The second kappa shape index (κ2) is 23.0. The van der Waals surface area contributed by atoms with Crippen LogP contribution in [0, 0.1) is 0 Å². The molecule has 0 radical (unpaired) electrons. The van der Waals surface area contributed by atoms with E-state index in [1.807, 2.05) is 109 Å². The predicted octanol–water partition coefficient (Wildman–Crippen LogP) is 4.70. The van der Waals surface area contributed by atoms with Crippen molar-refractivity contribution in [3.63, 3.8) is 0 Å². The number of nitrogens with two attached hydrogens (primary N) is 1. The van der Waals surface area contributed by atoms with Crippen molar-refractivity contribution in [3.8, 4) is 0 Å². The number of ether oxygens (including phenoxy) is 2. The normalized spacial score (nSPS) is 12.4. The van der Waals surface area contributed by atoms with Crippen molar-refractivity contribution in [2.45, 2.75) is 24.9 Å². The summed E-state index contributed by atoms with van der Waals surface area (Å²) in [5.41, 5.74) is 6.23. The molecular weight excluding hydrogens is 833 g/mol. The Morgan fingerprint density at radius 2 is 0.871 bits per heavy atom. The second-order valence-corrected chi connectivity index (χ2v) is 22.2. The van der Waals surface area contributed by atoms with E-state index in [2.05, 4.69) is 96.1 Å². The summed E-state index contributed by atoms with van der Waals surface area (Å²) >= 11 is 4.26. The maximum Gasteiger partial charge on any atom is 0.325 e. The minimum Gasteiger partial charge on any atom is -0.461 e. The number of esters is 2. The number of thiol groups is 1. The first-order chi connectivity index (χ1) is 30.3. The summed E-state index contributed by atoms with van der Waals surface area (Å²) in [6.45, 7) is -0.122. The van der Waals surface area contributed by atoms with Crippen LogP contribution in [-0.4, -0.2) is 73.7 Å². The molecule has 6 rings (SSSR count). The number of carbonyl (C=O) groups excluding carboxylic acids is 4. The molecule has 0 aromatic heterocycles. The molecule has 0 aliphatic carbocycles. The van der Waals surface area contributed by atoms with Crippen molar-refractivity contribution < 1.29 is 28.7 Å². The predicted molar refractivity (Wildman–Crippen MR) is 258 cm³/mol. The van der Waals surface area contributed by atoms with Crippen molar-refractivity contribution in [3.05, 3.63) is 182 Å². The lowest BCUT2D eigenvalue weighted by Crippen LogP contribution is -2.49. The molecule has 9 nitrogen and oxygen atoms in total. The molecule has 0 heterocycles. The number of hydrogen-bond donors (Lipinski definition) is 4. The van der Waals surface area contributed by atoms with E-state index in [1.165, 1.54) is 31.8 Å². The largest absolute Gasteiger partial charge is 0.461 e. The van der Waals surface area contributed by atoms with Crippen LogP contribution >= 0.6 is 27.2 Å². The summed E-state index contributed by atoms with van der Waals surface area (Å²) in [6, 6.07) is 59.6. The highest BCUT2D eigenvalue weighted by Crippen LogP contribution is 2.56. The molecule has 0 aliphatic heterocycles. The van der Waals surface area contributed by atoms with Gasteiger partial charge in [-0.15, -0.1) is 0 Å². The molecule has 0 fully saturated rings. The van der Waals surface area contributed by atoms with E-state index in [1.54, 1.807) is 0 Å². The minimum absolute atomic E-state index is 0.00727. The van der Waals surface area contributed by atoms with Gasteiger partial charge in [-0.1, -0.05) is 109 Å². The molecule has 2 amide bonds. The molecule has 0 bridgehead atoms. The summed E-state index contributed by atoms with van der Waals surface area (Å²) in [6.07, 6.45) is 1.01. The lowest BCUT2D eigenvalue weighted by molar-refractivity contribution is -0.145. The van der Waals surface area contributed by atoms with Crippen molar-refractivity contribution in [2.75, 3.05) is 37.8 Å². The first-order valence-electron chi connectivity index (χ1n) is 20.6. The van der Waals surface area contributed by atoms with Crippen LogP contribution in [0.2, 0.25) is 0 Å². The van der Waals surface area contributed by atoms with Gasteiger partial charge >= 0.3 is 11.9 Å². The Kier molecular flexibility index (Phi) is 17.0. The van der Waals surface area contributed by atoms with E-state index < -0.39 is 50.4 Å². The smallest absolute Gasteiger partial charge is 0.325 e. The van der Waals surface area contributed by atoms with Gasteiger partial charge in [0, 0.05) is 12.2 Å². The average molecular weight is 886 g/mol. The van der Waals surface area contributed by atoms with Crippen LogP contribution in [0.4, 0.5) is 0 Å². The zero-order valence-corrected chi connectivity index (χ0v) is 37.2. The number of nitrogens with one attached hydrogen (secondary N) is 2. The maximum atomic E-state index is 13.1. The molecule has 0 spiro atoms. The SMILES string of the molecule is NC(CCC(=O)NC(CS)C(=O)NCC(=O)OCC[P+](c1ccccc1)(c1ccccc1)c1ccccc1)C(=O)OCC[P+](c1ccccc1)(c1ccccc1)c1ccccc1. The molecular formula is C50H53N3O6P2S+2. The zero-order valence-electron chi connectivity index (χ0n) is 34.5. The van der Waals surface area contributed by atoms with Crippen molar-refractivity contribution in [2.24, 2.45) is 5.73 Å². The van der Waals surface area contributed by atoms with Crippen LogP contribution in [0.15, 0.2) is 182 Å². The van der Waals surface area contributed by atoms with Crippen LogP contribution in [0.3, 0.4) is 0 Å². The molecule has 4 N–H and O–H groups in total. The lowest BCUT2D eigenvalue weighted by atomic mass is 10.1. The fourth-order valence-corrected chi connectivity index (χ4v) is 16.1. The van der Waals surface area contributed by atoms with Gasteiger partial charge in [0.15, 0.2) is 0 Å². The fraction of sp³-hybridized carbons (Fsp3) is 0.200. The highest BCUT2D eigenvalue weighted by molar-refractivity contribution is 7.96. The van der Waals surface area contributed by atoms with Gasteiger partial charge in [-0.05, 0) is 79.2 Å². The van der Waals surface area contributed by atoms with Crippen LogP contribution in [-0.2, 0) is 28.7 Å². The molecule has 2 atom stereocenters. The van der Waals surface area contributed by atoms with Crippen molar-refractivity contribution >= 4 is 82.7 Å². The third-order valence-electron chi connectivity index (χ3n) is 10.8. The number of hydrogen-bond acceptors (Lipinski definition) is 8. The third kappa shape index (κ3) is 11.4. The summed E-state index contributed by atoms with van der Waals surface area (Å²) < 4.78 is 11.5. The van der Waals surface area contributed by atoms with Gasteiger partial charge in [0.05, 0.1) is 0 Å². The summed E-state index contributed by atoms with van der Waals surface area (Å²) in [7, 11) is -4.43. The van der Waals surface area contributed by atoms with E-state index >= 15 is 0 Å². The lowest BCUT2D eigenvalue weighted by Gasteiger charge is -2.27. The molecule has 12 heteroatoms. The van der Waals surface area contributed by atoms with Crippen molar-refractivity contribution in [1.29, 1.82) is 0 Å². The Balaban J connectivity index is 0.985. The van der Waals surface area contributed by atoms with Crippen LogP contribution < -0.4 is 48.2 Å². The summed E-state index contributed by atoms with van der Waals surface area (Å²) in [4.78, 5) is 52.2. The molecule has 0 saturated carbocycles. The molecule has 0 saturated heterocycles. The fourth-order valence-electron chi connectivity index (χ4n) is 7.65. The summed E-state index contributed by atoms with van der Waals surface area (Å²) in [5, 5.41) is 12.2. The standard InChI is InChI=1S/C50H51N3O6P2S/c51-45(50(57)59-34-36-61(42-25-13-4-14-26-42,43-27-15-5-16-28-43)44-29-17-6-18-30-44)31-32-47(54)53-46(38-62)49(56)52-37-48(55)58-33-35-60(39-19-7-1-8-20-39,40-21-9-2-10-22-40)41-23-11-3-12-24-41/h1-30,45-46H,31-38,51H2,(H-2,52,53,54,56,62)/p+2. The van der Waals surface area contributed by atoms with E-state index in [-0.39, 0.29) is 38.4 Å². The quantitative estimate of drug-likeness (QED) is 0.0468. The Morgan fingerprint density at radius 3 is 1.21 bits per heavy atom. The van der Waals surface area contributed by atoms with Crippen LogP contribution in [0.1, 0.15) is 12.8 Å². The Bertz CT molecular complexity index is 2140. The monoisotopic (exact) mass is 885 g/mol. The molecule has 2 unspecified atom stereocenters. The van der Waals surface area contributed by atoms with E-state index in [0.29, 0.717) is 12.3 Å². The molecule has 6 aromatic carbocycles. The number of benzene rings is 6. The van der Waals surface area contributed by atoms with E-state index in [0.717, 1.165) is 0 Å². The number of amides is 2. The average Bonchev–Trinajstić information content (AvgIpc) is 3.33. The highest BCUT2D eigenvalue weighted by Gasteiger charge is 2.46. The Labute approximate surface area is 370 Å². The van der Waals surface area contributed by atoms with E-state index in [9.17, 15) is 19.2 Å². The van der Waals surface area contributed by atoms with Crippen molar-refractivity contribution in [1.82, 2.24) is 10.6 Å². The minimum atomic E-state index is -2.21. The maximum absolute atomic E-state index is 13.1. The van der Waals surface area contributed by atoms with Gasteiger partial charge < -0.3 is 25.8 Å². The Hall–Kier alpha value is -5.63. The topological polar surface area (TPSA) is 137 Å². The second-order valence-electron chi connectivity index (χ2n) is 14.6. The van der Waals surface area contributed by atoms with Gasteiger partial charge in [0.1, 0.15) is 90.5 Å². The molecule has 62 heavy (non-hydrogen) atoms. The van der Waals surface area contributed by atoms with Crippen LogP contribution in [0.5, 0.6) is 0 Å². The summed E-state index contributed by atoms with van der Waals surface area (Å²) in [5.74, 6) is -2.31. The van der Waals surface area contributed by atoms with Gasteiger partial charge in [0.25, 0.3) is 0 Å². The van der Waals surface area contributed by atoms with Crippen LogP contribution in [0.25, 0.3) is 0 Å². The molecule has 6 aromatic rings. The van der Waals surface area contributed by atoms with Gasteiger partial charge in [-0.2, -0.15) is 12.6 Å². The third-order valence-corrected chi connectivity index (χ3v) is 19.9. The van der Waals surface area contributed by atoms with Gasteiger partial charge in [-0.3, -0.25) is 19.2 Å². The zero-order chi connectivity index (χ0) is 43.6. The van der Waals surface area contributed by atoms with E-state index in [4.69, 9.17) is 15.2 Å². The molecule has 318 valence electrons. The van der Waals surface area contributed by atoms with Gasteiger partial charge in [0.2, 0.25) is 11.8 Å². The number of carbonyl (C=O) groups is 4. The first-order valence-corrected chi connectivity index (χ1v) is 25.2. The van der Waals surface area contributed by atoms with Gasteiger partial charge in [-0.25, -0.2) is 0 Å². The Morgan fingerprint density at radius 1 is 0.532 bits per heavy atom. The molecule has 0 aliphatic rings. The highest BCUT2D eigenvalue weighted by atomic mass is 32.1.